The van der Waals surface area contributed by atoms with Crippen LogP contribution in [0.5, 0.6) is 11.5 Å². The molecule has 0 bridgehead atoms. The van der Waals surface area contributed by atoms with E-state index in [-0.39, 0.29) is 6.61 Å². The molecule has 0 atom stereocenters. The molecule has 1 N–H and O–H groups in total. The van der Waals surface area contributed by atoms with Crippen molar-refractivity contribution in [1.82, 2.24) is 0 Å². The lowest BCUT2D eigenvalue weighted by Gasteiger charge is -2.07. The highest BCUT2D eigenvalue weighted by molar-refractivity contribution is 5.94. The van der Waals surface area contributed by atoms with Gasteiger partial charge in [0.2, 0.25) is 0 Å². The summed E-state index contributed by atoms with van der Waals surface area (Å²) >= 11 is 0. The molecule has 0 radical (unpaired) electrons. The van der Waals surface area contributed by atoms with Crippen molar-refractivity contribution >= 4 is 23.6 Å². The zero-order valence-electron chi connectivity index (χ0n) is 14.0. The van der Waals surface area contributed by atoms with Crippen LogP contribution in [0.3, 0.4) is 0 Å². The zero-order valence-corrected chi connectivity index (χ0v) is 14.0. The van der Waals surface area contributed by atoms with Crippen molar-refractivity contribution in [3.63, 3.8) is 0 Å². The van der Waals surface area contributed by atoms with Crippen LogP contribution in [0.25, 0.3) is 6.08 Å². The third-order valence-electron chi connectivity index (χ3n) is 3.20. The van der Waals surface area contributed by atoms with E-state index in [0.717, 1.165) is 5.56 Å². The number of nitrogens with one attached hydrogen (secondary N) is 1. The molecule has 0 unspecified atom stereocenters. The van der Waals surface area contributed by atoms with Crippen molar-refractivity contribution in [2.75, 3.05) is 26.1 Å². The molecule has 6 nitrogen and oxygen atoms in total. The molecule has 0 spiro atoms. The first-order valence-electron chi connectivity index (χ1n) is 7.53. The quantitative estimate of drug-likeness (QED) is 0.619. The Morgan fingerprint density at radius 3 is 2.40 bits per heavy atom. The molecular formula is C19H19NO5. The van der Waals surface area contributed by atoms with Crippen LogP contribution in [0.2, 0.25) is 0 Å². The van der Waals surface area contributed by atoms with E-state index in [1.165, 1.54) is 13.2 Å². The van der Waals surface area contributed by atoms with Crippen molar-refractivity contribution in [3.05, 3.63) is 60.2 Å². The van der Waals surface area contributed by atoms with Gasteiger partial charge >= 0.3 is 5.97 Å². The van der Waals surface area contributed by atoms with Crippen molar-refractivity contribution < 1.29 is 23.8 Å². The molecule has 0 heterocycles. The smallest absolute Gasteiger partial charge is 0.331 e. The van der Waals surface area contributed by atoms with Crippen LogP contribution in [-0.2, 0) is 14.3 Å². The van der Waals surface area contributed by atoms with E-state index in [4.69, 9.17) is 14.2 Å². The Hall–Kier alpha value is -3.28. The fourth-order valence-electron chi connectivity index (χ4n) is 1.99. The van der Waals surface area contributed by atoms with E-state index >= 15 is 0 Å². The van der Waals surface area contributed by atoms with Gasteiger partial charge in [-0.05, 0) is 35.9 Å². The minimum Gasteiger partial charge on any atom is -0.497 e. The summed E-state index contributed by atoms with van der Waals surface area (Å²) < 4.78 is 15.1. The molecule has 2 aromatic carbocycles. The molecule has 1 amide bonds. The lowest BCUT2D eigenvalue weighted by atomic mass is 10.2. The van der Waals surface area contributed by atoms with E-state index in [2.05, 4.69) is 5.32 Å². The SMILES string of the molecule is COc1cccc(C=CC(=O)OCC(=O)Nc2cccc(OC)c2)c1. The number of hydrogen-bond donors (Lipinski definition) is 1. The molecule has 0 saturated carbocycles. The Labute approximate surface area is 146 Å². The third-order valence-corrected chi connectivity index (χ3v) is 3.20. The fraction of sp³-hybridized carbons (Fsp3) is 0.158. The topological polar surface area (TPSA) is 73.9 Å². The lowest BCUT2D eigenvalue weighted by molar-refractivity contribution is -0.142. The molecule has 0 saturated heterocycles. The van der Waals surface area contributed by atoms with Gasteiger partial charge in [-0.2, -0.15) is 0 Å². The maximum atomic E-state index is 11.8. The van der Waals surface area contributed by atoms with Gasteiger partial charge in [0.25, 0.3) is 5.91 Å². The summed E-state index contributed by atoms with van der Waals surface area (Å²) in [5.74, 6) is 0.268. The molecule has 6 heteroatoms. The molecule has 25 heavy (non-hydrogen) atoms. The highest BCUT2D eigenvalue weighted by atomic mass is 16.5. The Morgan fingerprint density at radius 1 is 1.00 bits per heavy atom. The van der Waals surface area contributed by atoms with Crippen LogP contribution in [0.4, 0.5) is 5.69 Å². The highest BCUT2D eigenvalue weighted by Crippen LogP contribution is 2.16. The third kappa shape index (κ3) is 6.02. The summed E-state index contributed by atoms with van der Waals surface area (Å²) in [5, 5.41) is 2.62. The number of anilines is 1. The van der Waals surface area contributed by atoms with Crippen molar-refractivity contribution in [3.8, 4) is 11.5 Å². The summed E-state index contributed by atoms with van der Waals surface area (Å²) in [7, 11) is 3.11. The predicted molar refractivity (Wildman–Crippen MR) is 94.6 cm³/mol. The van der Waals surface area contributed by atoms with E-state index in [0.29, 0.717) is 17.2 Å². The minimum absolute atomic E-state index is 0.376. The molecule has 0 aliphatic rings. The van der Waals surface area contributed by atoms with E-state index in [1.807, 2.05) is 12.1 Å². The molecular weight excluding hydrogens is 322 g/mol. The second kappa shape index (κ2) is 9.12. The maximum Gasteiger partial charge on any atom is 0.331 e. The van der Waals surface area contributed by atoms with Gasteiger partial charge in [-0.15, -0.1) is 0 Å². The fourth-order valence-corrected chi connectivity index (χ4v) is 1.99. The molecule has 0 aliphatic carbocycles. The Kier molecular flexibility index (Phi) is 6.59. The molecule has 130 valence electrons. The number of amides is 1. The molecule has 0 aromatic heterocycles. The van der Waals surface area contributed by atoms with Crippen LogP contribution in [0, 0.1) is 0 Å². The minimum atomic E-state index is -0.608. The normalized spacial score (nSPS) is 10.3. The van der Waals surface area contributed by atoms with Gasteiger partial charge in [0.15, 0.2) is 6.61 Å². The first kappa shape index (κ1) is 18.1. The van der Waals surface area contributed by atoms with Crippen LogP contribution in [-0.4, -0.2) is 32.7 Å². The summed E-state index contributed by atoms with van der Waals surface area (Å²) in [5.41, 5.74) is 1.35. The monoisotopic (exact) mass is 341 g/mol. The number of benzene rings is 2. The Balaban J connectivity index is 1.82. The second-order valence-corrected chi connectivity index (χ2v) is 5.00. The summed E-state index contributed by atoms with van der Waals surface area (Å²) in [4.78, 5) is 23.5. The van der Waals surface area contributed by atoms with Gasteiger partial charge in [0.05, 0.1) is 14.2 Å². The van der Waals surface area contributed by atoms with Gasteiger partial charge in [-0.25, -0.2) is 4.79 Å². The van der Waals surface area contributed by atoms with Gasteiger partial charge < -0.3 is 19.5 Å². The molecule has 0 fully saturated rings. The van der Waals surface area contributed by atoms with Gasteiger partial charge in [-0.1, -0.05) is 18.2 Å². The number of hydrogen-bond acceptors (Lipinski definition) is 5. The first-order chi connectivity index (χ1) is 12.1. The predicted octanol–water partition coefficient (Wildman–Crippen LogP) is 2.90. The molecule has 0 aliphatic heterocycles. The summed E-state index contributed by atoms with van der Waals surface area (Å²) in [6.07, 6.45) is 2.85. The number of ether oxygens (including phenoxy) is 3. The van der Waals surface area contributed by atoms with Gasteiger partial charge in [0, 0.05) is 17.8 Å². The van der Waals surface area contributed by atoms with E-state index < -0.39 is 11.9 Å². The number of methoxy groups -OCH3 is 2. The zero-order chi connectivity index (χ0) is 18.1. The standard InChI is InChI=1S/C19H19NO5/c1-23-16-7-3-5-14(11-16)9-10-19(22)25-13-18(21)20-15-6-4-8-17(12-15)24-2/h3-12H,13H2,1-2H3,(H,20,21). The number of esters is 1. The highest BCUT2D eigenvalue weighted by Gasteiger charge is 2.06. The van der Waals surface area contributed by atoms with Crippen molar-refractivity contribution in [2.24, 2.45) is 0 Å². The molecule has 2 aromatic rings. The molecule has 2 rings (SSSR count). The largest absolute Gasteiger partial charge is 0.497 e. The number of rotatable bonds is 7. The average Bonchev–Trinajstić information content (AvgIpc) is 2.65. The van der Waals surface area contributed by atoms with E-state index in [9.17, 15) is 9.59 Å². The van der Waals surface area contributed by atoms with Gasteiger partial charge in [0.1, 0.15) is 11.5 Å². The van der Waals surface area contributed by atoms with Gasteiger partial charge in [-0.3, -0.25) is 4.79 Å². The number of carbonyl (C=O) groups excluding carboxylic acids is 2. The van der Waals surface area contributed by atoms with Crippen LogP contribution >= 0.6 is 0 Å². The Morgan fingerprint density at radius 2 is 1.68 bits per heavy atom. The van der Waals surface area contributed by atoms with E-state index in [1.54, 1.807) is 49.6 Å². The van der Waals surface area contributed by atoms with Crippen LogP contribution < -0.4 is 14.8 Å². The summed E-state index contributed by atoms with van der Waals surface area (Å²) in [6.45, 7) is -0.376. The summed E-state index contributed by atoms with van der Waals surface area (Å²) in [6, 6.07) is 14.1. The number of carbonyl (C=O) groups is 2. The lowest BCUT2D eigenvalue weighted by Crippen LogP contribution is -2.20. The van der Waals surface area contributed by atoms with Crippen molar-refractivity contribution in [2.45, 2.75) is 0 Å². The van der Waals surface area contributed by atoms with Crippen LogP contribution in [0.15, 0.2) is 54.6 Å². The maximum absolute atomic E-state index is 11.8. The van der Waals surface area contributed by atoms with Crippen LogP contribution in [0.1, 0.15) is 5.56 Å². The second-order valence-electron chi connectivity index (χ2n) is 5.00. The Bertz CT molecular complexity index is 770. The first-order valence-corrected chi connectivity index (χ1v) is 7.53. The van der Waals surface area contributed by atoms with Crippen molar-refractivity contribution in [1.29, 1.82) is 0 Å². The average molecular weight is 341 g/mol.